The molecule has 0 aliphatic rings. The number of benzene rings is 2. The van der Waals surface area contributed by atoms with Gasteiger partial charge in [0.2, 0.25) is 10.0 Å². The number of nitriles is 1. The molecule has 8 heteroatoms. The Kier molecular flexibility index (Phi) is 5.17. The minimum Gasteiger partial charge on any atom is -0.486 e. The third-order valence-electron chi connectivity index (χ3n) is 4.24. The van der Waals surface area contributed by atoms with E-state index in [-0.39, 0.29) is 11.5 Å². The Bertz CT molecular complexity index is 1110. The molecule has 0 aliphatic carbocycles. The third kappa shape index (κ3) is 3.65. The van der Waals surface area contributed by atoms with Crippen molar-refractivity contribution in [2.75, 3.05) is 14.1 Å². The second-order valence-electron chi connectivity index (χ2n) is 6.14. The summed E-state index contributed by atoms with van der Waals surface area (Å²) in [5.41, 5.74) is 2.03. The fourth-order valence-electron chi connectivity index (χ4n) is 2.77. The normalized spacial score (nSPS) is 11.7. The molecule has 27 heavy (non-hydrogen) atoms. The van der Waals surface area contributed by atoms with E-state index >= 15 is 0 Å². The van der Waals surface area contributed by atoms with E-state index in [1.165, 1.54) is 18.4 Å². The quantitative estimate of drug-likeness (QED) is 0.652. The number of nitrogens with zero attached hydrogens (tertiary/aromatic N) is 4. The van der Waals surface area contributed by atoms with Gasteiger partial charge in [-0.3, -0.25) is 0 Å². The van der Waals surface area contributed by atoms with Crippen LogP contribution in [-0.4, -0.2) is 36.4 Å². The second-order valence-corrected chi connectivity index (χ2v) is 8.29. The molecule has 0 aliphatic heterocycles. The van der Waals surface area contributed by atoms with Gasteiger partial charge in [-0.15, -0.1) is 0 Å². The minimum absolute atomic E-state index is 0.209. The number of fused-ring (bicyclic) bond motifs is 1. The molecular formula is C19H20N4O3S. The first-order valence-electron chi connectivity index (χ1n) is 8.41. The largest absolute Gasteiger partial charge is 0.486 e. The van der Waals surface area contributed by atoms with E-state index in [1.54, 1.807) is 42.5 Å². The molecule has 0 unspecified atom stereocenters. The average molecular weight is 384 g/mol. The number of rotatable bonds is 6. The number of ether oxygens (including phenoxy) is 1. The van der Waals surface area contributed by atoms with Gasteiger partial charge in [0.25, 0.3) is 0 Å². The molecule has 3 rings (SSSR count). The maximum atomic E-state index is 12.3. The Hall–Kier alpha value is -2.89. The van der Waals surface area contributed by atoms with Crippen molar-refractivity contribution in [3.63, 3.8) is 0 Å². The topological polar surface area (TPSA) is 88.2 Å². The molecule has 0 saturated carbocycles. The highest BCUT2D eigenvalue weighted by Crippen LogP contribution is 2.23. The predicted molar refractivity (Wildman–Crippen MR) is 102 cm³/mol. The molecule has 0 spiro atoms. The molecule has 0 fully saturated rings. The van der Waals surface area contributed by atoms with Gasteiger partial charge in [-0.2, -0.15) is 5.26 Å². The van der Waals surface area contributed by atoms with Crippen LogP contribution in [0.5, 0.6) is 5.75 Å². The average Bonchev–Trinajstić information content (AvgIpc) is 3.03. The Morgan fingerprint density at radius 3 is 2.48 bits per heavy atom. The summed E-state index contributed by atoms with van der Waals surface area (Å²) in [6.07, 6.45) is 0. The molecule has 0 saturated heterocycles. The maximum absolute atomic E-state index is 12.3. The van der Waals surface area contributed by atoms with E-state index in [9.17, 15) is 8.42 Å². The summed E-state index contributed by atoms with van der Waals surface area (Å²) in [6, 6.07) is 13.9. The summed E-state index contributed by atoms with van der Waals surface area (Å²) in [7, 11) is -0.512. The molecule has 3 aromatic rings. The van der Waals surface area contributed by atoms with Crippen LogP contribution >= 0.6 is 0 Å². The fourth-order valence-corrected chi connectivity index (χ4v) is 3.69. The van der Waals surface area contributed by atoms with Crippen LogP contribution in [-0.2, 0) is 23.2 Å². The third-order valence-corrected chi connectivity index (χ3v) is 6.06. The van der Waals surface area contributed by atoms with E-state index in [2.05, 4.69) is 11.1 Å². The van der Waals surface area contributed by atoms with Crippen LogP contribution in [0.3, 0.4) is 0 Å². The standard InChI is InChI=1S/C19H20N4O3S/c1-4-23-18-10-9-16(27(24,25)22(2)3)11-17(18)21-19(23)13-26-15-7-5-14(12-20)6-8-15/h5-11H,4,13H2,1-3H3. The van der Waals surface area contributed by atoms with Crippen LogP contribution in [0.4, 0.5) is 0 Å². The SMILES string of the molecule is CCn1c(COc2ccc(C#N)cc2)nc2cc(S(=O)(=O)N(C)C)ccc21. The van der Waals surface area contributed by atoms with Crippen LogP contribution < -0.4 is 4.74 Å². The fraction of sp³-hybridized carbons (Fsp3) is 0.263. The maximum Gasteiger partial charge on any atom is 0.242 e. The Labute approximate surface area is 158 Å². The summed E-state index contributed by atoms with van der Waals surface area (Å²) >= 11 is 0. The lowest BCUT2D eigenvalue weighted by molar-refractivity contribution is 0.291. The number of imidazole rings is 1. The molecule has 7 nitrogen and oxygen atoms in total. The van der Waals surface area contributed by atoms with E-state index in [1.807, 2.05) is 11.5 Å². The van der Waals surface area contributed by atoms with Gasteiger partial charge < -0.3 is 9.30 Å². The summed E-state index contributed by atoms with van der Waals surface area (Å²) in [6.45, 7) is 2.92. The van der Waals surface area contributed by atoms with Crippen molar-refractivity contribution in [1.82, 2.24) is 13.9 Å². The van der Waals surface area contributed by atoms with Crippen molar-refractivity contribution in [3.8, 4) is 11.8 Å². The van der Waals surface area contributed by atoms with Crippen molar-refractivity contribution in [2.24, 2.45) is 0 Å². The Balaban J connectivity index is 1.92. The lowest BCUT2D eigenvalue weighted by Crippen LogP contribution is -2.22. The zero-order valence-electron chi connectivity index (χ0n) is 15.4. The zero-order chi connectivity index (χ0) is 19.6. The summed E-state index contributed by atoms with van der Waals surface area (Å²) in [5.74, 6) is 1.34. The molecule has 0 radical (unpaired) electrons. The summed E-state index contributed by atoms with van der Waals surface area (Å²) in [5, 5.41) is 8.85. The summed E-state index contributed by atoms with van der Waals surface area (Å²) in [4.78, 5) is 4.78. The highest BCUT2D eigenvalue weighted by atomic mass is 32.2. The molecule has 0 bridgehead atoms. The minimum atomic E-state index is -3.51. The lowest BCUT2D eigenvalue weighted by Gasteiger charge is -2.11. The van der Waals surface area contributed by atoms with Gasteiger partial charge in [0.1, 0.15) is 18.2 Å². The molecule has 2 aromatic carbocycles. The van der Waals surface area contributed by atoms with Crippen molar-refractivity contribution in [1.29, 1.82) is 5.26 Å². The van der Waals surface area contributed by atoms with Gasteiger partial charge in [0, 0.05) is 20.6 Å². The molecule has 0 N–H and O–H groups in total. The van der Waals surface area contributed by atoms with Crippen molar-refractivity contribution >= 4 is 21.1 Å². The number of hydrogen-bond acceptors (Lipinski definition) is 5. The number of aromatic nitrogens is 2. The van der Waals surface area contributed by atoms with Gasteiger partial charge in [-0.25, -0.2) is 17.7 Å². The molecule has 1 heterocycles. The monoisotopic (exact) mass is 384 g/mol. The Morgan fingerprint density at radius 2 is 1.89 bits per heavy atom. The molecule has 0 atom stereocenters. The van der Waals surface area contributed by atoms with Gasteiger partial charge in [-0.1, -0.05) is 0 Å². The first-order chi connectivity index (χ1) is 12.9. The number of sulfonamides is 1. The molecule has 140 valence electrons. The van der Waals surface area contributed by atoms with Crippen LogP contribution in [0.2, 0.25) is 0 Å². The van der Waals surface area contributed by atoms with Gasteiger partial charge in [0.15, 0.2) is 0 Å². The number of aryl methyl sites for hydroxylation is 1. The number of hydrogen-bond donors (Lipinski definition) is 0. The van der Waals surface area contributed by atoms with Crippen molar-refractivity contribution < 1.29 is 13.2 Å². The Morgan fingerprint density at radius 1 is 1.19 bits per heavy atom. The van der Waals surface area contributed by atoms with Crippen LogP contribution in [0.1, 0.15) is 18.3 Å². The zero-order valence-corrected chi connectivity index (χ0v) is 16.2. The molecular weight excluding hydrogens is 364 g/mol. The first kappa shape index (κ1) is 18.9. The van der Waals surface area contributed by atoms with E-state index in [0.717, 1.165) is 5.52 Å². The van der Waals surface area contributed by atoms with E-state index in [0.29, 0.717) is 29.2 Å². The lowest BCUT2D eigenvalue weighted by atomic mass is 10.2. The van der Waals surface area contributed by atoms with Crippen molar-refractivity contribution in [3.05, 3.63) is 53.9 Å². The van der Waals surface area contributed by atoms with E-state index < -0.39 is 10.0 Å². The molecule has 0 amide bonds. The van der Waals surface area contributed by atoms with Crippen LogP contribution in [0.25, 0.3) is 11.0 Å². The highest BCUT2D eigenvalue weighted by Gasteiger charge is 2.19. The van der Waals surface area contributed by atoms with Gasteiger partial charge in [-0.05, 0) is 49.4 Å². The van der Waals surface area contributed by atoms with Crippen molar-refractivity contribution in [2.45, 2.75) is 25.0 Å². The van der Waals surface area contributed by atoms with Gasteiger partial charge in [0.05, 0.1) is 27.6 Å². The van der Waals surface area contributed by atoms with E-state index in [4.69, 9.17) is 10.00 Å². The van der Waals surface area contributed by atoms with Gasteiger partial charge >= 0.3 is 0 Å². The predicted octanol–water partition coefficient (Wildman–Crippen LogP) is 2.76. The summed E-state index contributed by atoms with van der Waals surface area (Å²) < 4.78 is 33.6. The first-order valence-corrected chi connectivity index (χ1v) is 9.85. The second kappa shape index (κ2) is 7.39. The smallest absolute Gasteiger partial charge is 0.242 e. The van der Waals surface area contributed by atoms with Crippen LogP contribution in [0.15, 0.2) is 47.4 Å². The van der Waals surface area contributed by atoms with Crippen LogP contribution in [0, 0.1) is 11.3 Å². The highest BCUT2D eigenvalue weighted by molar-refractivity contribution is 7.89. The molecule has 1 aromatic heterocycles.